The van der Waals surface area contributed by atoms with Gasteiger partial charge in [0.25, 0.3) is 0 Å². The standard InChI is InChI=1S/C12H9ClFNO5/c1-18-7-3-5(14)10(13)9(11(7)19-2)6-4-8(12(16)17)20-15-6/h3-4H,1-2H3,(H,16,17). The zero-order chi connectivity index (χ0) is 14.9. The maximum absolute atomic E-state index is 13.8. The van der Waals surface area contributed by atoms with Crippen molar-refractivity contribution in [2.24, 2.45) is 0 Å². The van der Waals surface area contributed by atoms with E-state index in [4.69, 9.17) is 26.2 Å². The van der Waals surface area contributed by atoms with Gasteiger partial charge in [0, 0.05) is 12.1 Å². The lowest BCUT2D eigenvalue weighted by atomic mass is 10.1. The normalized spacial score (nSPS) is 10.4. The molecule has 0 saturated carbocycles. The molecule has 0 radical (unpaired) electrons. The predicted molar refractivity (Wildman–Crippen MR) is 67.0 cm³/mol. The number of nitrogens with zero attached hydrogens (tertiary/aromatic N) is 1. The molecule has 8 heteroatoms. The zero-order valence-corrected chi connectivity index (χ0v) is 11.2. The van der Waals surface area contributed by atoms with E-state index in [2.05, 4.69) is 9.68 Å². The summed E-state index contributed by atoms with van der Waals surface area (Å²) < 4.78 is 28.5. The van der Waals surface area contributed by atoms with Crippen molar-refractivity contribution in [2.45, 2.75) is 0 Å². The smallest absolute Gasteiger partial charge is 0.374 e. The first-order valence-electron chi connectivity index (χ1n) is 5.30. The fraction of sp³-hybridized carbons (Fsp3) is 0.167. The van der Waals surface area contributed by atoms with E-state index in [0.717, 1.165) is 12.1 Å². The van der Waals surface area contributed by atoms with Crippen LogP contribution in [0.1, 0.15) is 10.6 Å². The minimum Gasteiger partial charge on any atom is -0.493 e. The minimum atomic E-state index is -1.30. The van der Waals surface area contributed by atoms with Gasteiger partial charge in [-0.15, -0.1) is 0 Å². The number of hydrogen-bond donors (Lipinski definition) is 1. The quantitative estimate of drug-likeness (QED) is 0.935. The molecule has 0 aliphatic heterocycles. The number of carboxylic acid groups (broad SMARTS) is 1. The molecule has 2 aromatic rings. The van der Waals surface area contributed by atoms with Gasteiger partial charge in [0.1, 0.15) is 11.5 Å². The maximum Gasteiger partial charge on any atom is 0.374 e. The van der Waals surface area contributed by atoms with Crippen molar-refractivity contribution in [3.63, 3.8) is 0 Å². The van der Waals surface area contributed by atoms with Crippen LogP contribution in [0.4, 0.5) is 4.39 Å². The number of ether oxygens (including phenoxy) is 2. The molecule has 0 fully saturated rings. The van der Waals surface area contributed by atoms with Crippen LogP contribution in [0, 0.1) is 5.82 Å². The highest BCUT2D eigenvalue weighted by molar-refractivity contribution is 6.34. The number of carboxylic acids is 1. The molecule has 2 rings (SSSR count). The van der Waals surface area contributed by atoms with Gasteiger partial charge in [0.2, 0.25) is 5.76 Å². The average Bonchev–Trinajstić information content (AvgIpc) is 2.90. The van der Waals surface area contributed by atoms with Crippen LogP contribution in [0.3, 0.4) is 0 Å². The number of aromatic carboxylic acids is 1. The molecule has 0 amide bonds. The summed E-state index contributed by atoms with van der Waals surface area (Å²) >= 11 is 5.89. The summed E-state index contributed by atoms with van der Waals surface area (Å²) in [5.41, 5.74) is 0.0873. The average molecular weight is 302 g/mol. The van der Waals surface area contributed by atoms with Gasteiger partial charge in [-0.25, -0.2) is 9.18 Å². The van der Waals surface area contributed by atoms with Gasteiger partial charge in [-0.3, -0.25) is 0 Å². The summed E-state index contributed by atoms with van der Waals surface area (Å²) in [5, 5.41) is 12.1. The summed E-state index contributed by atoms with van der Waals surface area (Å²) in [7, 11) is 2.67. The molecule has 0 aliphatic rings. The van der Waals surface area contributed by atoms with Gasteiger partial charge < -0.3 is 19.1 Å². The Bertz CT molecular complexity index is 670. The third kappa shape index (κ3) is 2.27. The van der Waals surface area contributed by atoms with E-state index in [9.17, 15) is 9.18 Å². The zero-order valence-electron chi connectivity index (χ0n) is 10.4. The van der Waals surface area contributed by atoms with E-state index in [1.807, 2.05) is 0 Å². The molecule has 0 unspecified atom stereocenters. The molecular weight excluding hydrogens is 293 g/mol. The topological polar surface area (TPSA) is 81.8 Å². The first-order chi connectivity index (χ1) is 9.49. The SMILES string of the molecule is COc1cc(F)c(Cl)c(-c2cc(C(=O)O)on2)c1OC. The molecule has 0 bridgehead atoms. The van der Waals surface area contributed by atoms with Crippen molar-refractivity contribution in [2.75, 3.05) is 14.2 Å². The molecule has 1 N–H and O–H groups in total. The molecule has 1 heterocycles. The predicted octanol–water partition coefficient (Wildman–Crippen LogP) is 2.85. The third-order valence-electron chi connectivity index (χ3n) is 2.54. The summed E-state index contributed by atoms with van der Waals surface area (Å²) in [6, 6.07) is 2.17. The molecule has 0 spiro atoms. The molecule has 1 aromatic heterocycles. The minimum absolute atomic E-state index is 0.0297. The Balaban J connectivity index is 2.70. The molecule has 0 atom stereocenters. The molecule has 106 valence electrons. The van der Waals surface area contributed by atoms with Crippen LogP contribution in [0.25, 0.3) is 11.3 Å². The monoisotopic (exact) mass is 301 g/mol. The number of rotatable bonds is 4. The van der Waals surface area contributed by atoms with Gasteiger partial charge >= 0.3 is 5.97 Å². The number of methoxy groups -OCH3 is 2. The molecule has 1 aromatic carbocycles. The highest BCUT2D eigenvalue weighted by Crippen LogP contribution is 2.44. The fourth-order valence-corrected chi connectivity index (χ4v) is 1.90. The van der Waals surface area contributed by atoms with Crippen LogP contribution >= 0.6 is 11.6 Å². The van der Waals surface area contributed by atoms with Crippen molar-refractivity contribution < 1.29 is 28.3 Å². The van der Waals surface area contributed by atoms with Crippen LogP contribution in [-0.2, 0) is 0 Å². The number of carbonyl (C=O) groups is 1. The lowest BCUT2D eigenvalue weighted by Crippen LogP contribution is -1.97. The largest absolute Gasteiger partial charge is 0.493 e. The van der Waals surface area contributed by atoms with Gasteiger partial charge in [0.15, 0.2) is 11.5 Å². The van der Waals surface area contributed by atoms with Crippen LogP contribution in [-0.4, -0.2) is 30.5 Å². The highest BCUT2D eigenvalue weighted by Gasteiger charge is 2.24. The van der Waals surface area contributed by atoms with Crippen LogP contribution < -0.4 is 9.47 Å². The van der Waals surface area contributed by atoms with E-state index >= 15 is 0 Å². The van der Waals surface area contributed by atoms with Gasteiger partial charge in [-0.1, -0.05) is 16.8 Å². The second-order valence-electron chi connectivity index (χ2n) is 3.66. The van der Waals surface area contributed by atoms with Gasteiger partial charge in [0.05, 0.1) is 24.8 Å². The highest BCUT2D eigenvalue weighted by atomic mass is 35.5. The first kappa shape index (κ1) is 14.1. The van der Waals surface area contributed by atoms with Crippen LogP contribution in [0.5, 0.6) is 11.5 Å². The van der Waals surface area contributed by atoms with Gasteiger partial charge in [-0.2, -0.15) is 0 Å². The Morgan fingerprint density at radius 2 is 2.10 bits per heavy atom. The summed E-state index contributed by atoms with van der Waals surface area (Å²) in [6.45, 7) is 0. The van der Waals surface area contributed by atoms with Crippen LogP contribution in [0.2, 0.25) is 5.02 Å². The second-order valence-corrected chi connectivity index (χ2v) is 4.04. The number of benzene rings is 1. The van der Waals surface area contributed by atoms with Crippen molar-refractivity contribution >= 4 is 17.6 Å². The number of aromatic nitrogens is 1. The maximum atomic E-state index is 13.8. The van der Waals surface area contributed by atoms with E-state index in [1.165, 1.54) is 14.2 Å². The number of halogens is 2. The summed E-state index contributed by atoms with van der Waals surface area (Å²) in [6.07, 6.45) is 0. The first-order valence-corrected chi connectivity index (χ1v) is 5.67. The van der Waals surface area contributed by atoms with E-state index in [1.54, 1.807) is 0 Å². The molecule has 20 heavy (non-hydrogen) atoms. The van der Waals surface area contributed by atoms with Gasteiger partial charge in [-0.05, 0) is 0 Å². The molecule has 0 aliphatic carbocycles. The van der Waals surface area contributed by atoms with Crippen molar-refractivity contribution in [1.82, 2.24) is 5.16 Å². The van der Waals surface area contributed by atoms with Crippen molar-refractivity contribution in [3.8, 4) is 22.8 Å². The van der Waals surface area contributed by atoms with Crippen LogP contribution in [0.15, 0.2) is 16.7 Å². The van der Waals surface area contributed by atoms with Crippen molar-refractivity contribution in [3.05, 3.63) is 28.7 Å². The van der Waals surface area contributed by atoms with E-state index in [0.29, 0.717) is 0 Å². The lowest BCUT2D eigenvalue weighted by molar-refractivity contribution is 0.0652. The van der Waals surface area contributed by atoms with E-state index in [-0.39, 0.29) is 27.8 Å². The third-order valence-corrected chi connectivity index (χ3v) is 2.91. The Morgan fingerprint density at radius 1 is 1.40 bits per heavy atom. The Morgan fingerprint density at radius 3 is 2.60 bits per heavy atom. The van der Waals surface area contributed by atoms with E-state index < -0.39 is 17.5 Å². The molecule has 6 nitrogen and oxygen atoms in total. The Kier molecular flexibility index (Phi) is 3.80. The number of hydrogen-bond acceptors (Lipinski definition) is 5. The summed E-state index contributed by atoms with van der Waals surface area (Å²) in [5.74, 6) is -2.23. The molecular formula is C12H9ClFNO5. The Hall–Kier alpha value is -2.28. The Labute approximate surface area is 117 Å². The van der Waals surface area contributed by atoms with Crippen molar-refractivity contribution in [1.29, 1.82) is 0 Å². The fourth-order valence-electron chi connectivity index (χ4n) is 1.66. The molecule has 0 saturated heterocycles. The summed E-state index contributed by atoms with van der Waals surface area (Å²) in [4.78, 5) is 10.8. The second kappa shape index (κ2) is 5.38. The lowest BCUT2D eigenvalue weighted by Gasteiger charge is -2.13.